The average Bonchev–Trinajstić information content (AvgIpc) is 2.14. The minimum atomic E-state index is -4.89. The zero-order chi connectivity index (χ0) is 13.2. The van der Waals surface area contributed by atoms with Crippen LogP contribution < -0.4 is 10.5 Å². The van der Waals surface area contributed by atoms with Gasteiger partial charge >= 0.3 is 12.3 Å². The van der Waals surface area contributed by atoms with Gasteiger partial charge in [-0.2, -0.15) is 0 Å². The number of carbonyl (C=O) groups is 1. The molecule has 0 aliphatic rings. The smallest absolute Gasteiger partial charge is 0.478 e. The number of carboxylic acids is 1. The third-order valence-corrected chi connectivity index (χ3v) is 1.92. The predicted octanol–water partition coefficient (Wildman–Crippen LogP) is 1.45. The van der Waals surface area contributed by atoms with E-state index < -0.39 is 18.2 Å². The first kappa shape index (κ1) is 13.2. The van der Waals surface area contributed by atoms with Gasteiger partial charge in [0.05, 0.1) is 11.3 Å². The van der Waals surface area contributed by atoms with Gasteiger partial charge in [-0.3, -0.25) is 0 Å². The number of alkyl halides is 3. The lowest BCUT2D eigenvalue weighted by Gasteiger charge is -2.13. The fourth-order valence-electron chi connectivity index (χ4n) is 1.19. The summed E-state index contributed by atoms with van der Waals surface area (Å²) >= 11 is 0. The monoisotopic (exact) mass is 250 g/mol. The van der Waals surface area contributed by atoms with Crippen molar-refractivity contribution in [3.8, 4) is 5.88 Å². The van der Waals surface area contributed by atoms with Crippen molar-refractivity contribution in [1.29, 1.82) is 0 Å². The maximum atomic E-state index is 12.0. The highest BCUT2D eigenvalue weighted by Gasteiger charge is 2.33. The van der Waals surface area contributed by atoms with E-state index in [1.165, 1.54) is 6.92 Å². The normalized spacial score (nSPS) is 11.4. The summed E-state index contributed by atoms with van der Waals surface area (Å²) in [6.45, 7) is 0.964. The summed E-state index contributed by atoms with van der Waals surface area (Å²) in [6.07, 6.45) is -4.89. The van der Waals surface area contributed by atoms with Crippen molar-refractivity contribution >= 4 is 5.97 Å². The largest absolute Gasteiger partial charge is 0.574 e. The molecule has 5 nitrogen and oxygen atoms in total. The van der Waals surface area contributed by atoms with Gasteiger partial charge in [-0.05, 0) is 13.0 Å². The lowest BCUT2D eigenvalue weighted by molar-refractivity contribution is -0.276. The second kappa shape index (κ2) is 4.58. The highest BCUT2D eigenvalue weighted by molar-refractivity contribution is 5.89. The van der Waals surface area contributed by atoms with Gasteiger partial charge in [0.2, 0.25) is 5.88 Å². The minimum absolute atomic E-state index is 0.0750. The van der Waals surface area contributed by atoms with E-state index in [9.17, 15) is 18.0 Å². The fourth-order valence-corrected chi connectivity index (χ4v) is 1.19. The first-order chi connectivity index (χ1) is 7.74. The van der Waals surface area contributed by atoms with Crippen LogP contribution in [0.15, 0.2) is 6.07 Å². The molecule has 0 unspecified atom stereocenters. The Morgan fingerprint density at radius 1 is 1.59 bits per heavy atom. The number of halogens is 3. The molecule has 3 N–H and O–H groups in total. The Kier molecular flexibility index (Phi) is 3.56. The summed E-state index contributed by atoms with van der Waals surface area (Å²) < 4.78 is 39.7. The van der Waals surface area contributed by atoms with Crippen LogP contribution in [-0.2, 0) is 6.54 Å². The first-order valence-electron chi connectivity index (χ1n) is 4.44. The number of nitrogens with two attached hydrogens (primary N) is 1. The second-order valence-electron chi connectivity index (χ2n) is 3.14. The second-order valence-corrected chi connectivity index (χ2v) is 3.14. The van der Waals surface area contributed by atoms with Crippen LogP contribution in [0.2, 0.25) is 0 Å². The zero-order valence-corrected chi connectivity index (χ0v) is 8.71. The number of aromatic carboxylic acids is 1. The predicted molar refractivity (Wildman–Crippen MR) is 50.5 cm³/mol. The third kappa shape index (κ3) is 3.31. The molecule has 0 radical (unpaired) electrons. The quantitative estimate of drug-likeness (QED) is 0.847. The number of hydrogen-bond acceptors (Lipinski definition) is 4. The minimum Gasteiger partial charge on any atom is -0.478 e. The van der Waals surface area contributed by atoms with E-state index in [2.05, 4.69) is 9.72 Å². The van der Waals surface area contributed by atoms with E-state index in [1.807, 2.05) is 0 Å². The van der Waals surface area contributed by atoms with Gasteiger partial charge in [0, 0.05) is 12.1 Å². The molecular formula is C9H9F3N2O3. The number of carboxylic acid groups (broad SMARTS) is 1. The molecule has 0 aliphatic heterocycles. The van der Waals surface area contributed by atoms with E-state index in [4.69, 9.17) is 10.8 Å². The van der Waals surface area contributed by atoms with Crippen molar-refractivity contribution in [3.63, 3.8) is 0 Å². The molecule has 8 heteroatoms. The van der Waals surface area contributed by atoms with E-state index >= 15 is 0 Å². The van der Waals surface area contributed by atoms with Crippen molar-refractivity contribution in [3.05, 3.63) is 22.9 Å². The van der Waals surface area contributed by atoms with Crippen LogP contribution in [0.1, 0.15) is 21.6 Å². The fraction of sp³-hybridized carbons (Fsp3) is 0.333. The number of ether oxygens (including phenoxy) is 1. The molecule has 1 rings (SSSR count). The van der Waals surface area contributed by atoms with Crippen LogP contribution in [0.3, 0.4) is 0 Å². The Bertz CT molecular complexity index is 446. The van der Waals surface area contributed by atoms with Gasteiger partial charge in [-0.1, -0.05) is 0 Å². The maximum absolute atomic E-state index is 12.0. The van der Waals surface area contributed by atoms with Crippen molar-refractivity contribution < 1.29 is 27.8 Å². The molecule has 1 aromatic rings. The molecule has 94 valence electrons. The Morgan fingerprint density at radius 3 is 2.59 bits per heavy atom. The summed E-state index contributed by atoms with van der Waals surface area (Å²) in [4.78, 5) is 14.2. The van der Waals surface area contributed by atoms with Gasteiger partial charge in [0.1, 0.15) is 0 Å². The first-order valence-corrected chi connectivity index (χ1v) is 4.44. The molecule has 0 atom stereocenters. The topological polar surface area (TPSA) is 85.4 Å². The van der Waals surface area contributed by atoms with Gasteiger partial charge < -0.3 is 15.6 Å². The molecule has 0 saturated heterocycles. The van der Waals surface area contributed by atoms with Crippen LogP contribution in [0.4, 0.5) is 13.2 Å². The molecule has 0 aliphatic carbocycles. The molecular weight excluding hydrogens is 241 g/mol. The van der Waals surface area contributed by atoms with Crippen LogP contribution in [-0.4, -0.2) is 22.4 Å². The SMILES string of the molecule is Cc1nc(OC(F)(F)F)c(CN)cc1C(=O)O. The molecule has 17 heavy (non-hydrogen) atoms. The maximum Gasteiger partial charge on any atom is 0.574 e. The van der Waals surface area contributed by atoms with Crippen molar-refractivity contribution in [2.24, 2.45) is 5.73 Å². The molecule has 0 aromatic carbocycles. The number of aryl methyl sites for hydroxylation is 1. The molecule has 1 heterocycles. The molecule has 0 fully saturated rings. The van der Waals surface area contributed by atoms with Crippen molar-refractivity contribution in [2.75, 3.05) is 0 Å². The van der Waals surface area contributed by atoms with Crippen molar-refractivity contribution in [2.45, 2.75) is 19.8 Å². The Hall–Kier alpha value is -1.83. The lowest BCUT2D eigenvalue weighted by atomic mass is 10.1. The Morgan fingerprint density at radius 2 is 2.18 bits per heavy atom. The van der Waals surface area contributed by atoms with Crippen LogP contribution in [0.5, 0.6) is 5.88 Å². The number of aromatic nitrogens is 1. The van der Waals surface area contributed by atoms with Gasteiger partial charge in [-0.15, -0.1) is 13.2 Å². The van der Waals surface area contributed by atoms with E-state index in [-0.39, 0.29) is 23.4 Å². The molecule has 0 spiro atoms. The van der Waals surface area contributed by atoms with E-state index in [0.29, 0.717) is 0 Å². The Balaban J connectivity index is 3.24. The highest BCUT2D eigenvalue weighted by Crippen LogP contribution is 2.26. The van der Waals surface area contributed by atoms with Gasteiger partial charge in [-0.25, -0.2) is 9.78 Å². The van der Waals surface area contributed by atoms with Gasteiger partial charge in [0.15, 0.2) is 0 Å². The van der Waals surface area contributed by atoms with Crippen LogP contribution in [0.25, 0.3) is 0 Å². The zero-order valence-electron chi connectivity index (χ0n) is 8.71. The number of hydrogen-bond donors (Lipinski definition) is 2. The molecule has 0 saturated carbocycles. The standard InChI is InChI=1S/C9H9F3N2O3/c1-4-6(8(15)16)2-5(3-13)7(14-4)17-9(10,11)12/h2H,3,13H2,1H3,(H,15,16). The number of pyridine rings is 1. The summed E-state index contributed by atoms with van der Waals surface area (Å²) in [7, 11) is 0. The number of nitrogens with zero attached hydrogens (tertiary/aromatic N) is 1. The molecule has 1 aromatic heterocycles. The van der Waals surface area contributed by atoms with Crippen LogP contribution >= 0.6 is 0 Å². The highest BCUT2D eigenvalue weighted by atomic mass is 19.4. The summed E-state index contributed by atoms with van der Waals surface area (Å²) in [5, 5.41) is 8.77. The summed E-state index contributed by atoms with van der Waals surface area (Å²) in [6, 6.07) is 1.02. The Labute approximate surface area is 94.0 Å². The van der Waals surface area contributed by atoms with Crippen molar-refractivity contribution in [1.82, 2.24) is 4.98 Å². The summed E-state index contributed by atoms with van der Waals surface area (Å²) in [5.41, 5.74) is 4.80. The number of rotatable bonds is 3. The van der Waals surface area contributed by atoms with Crippen LogP contribution in [0, 0.1) is 6.92 Å². The average molecular weight is 250 g/mol. The summed E-state index contributed by atoms with van der Waals surface area (Å²) in [5.74, 6) is -2.01. The van der Waals surface area contributed by atoms with E-state index in [1.54, 1.807) is 0 Å². The lowest BCUT2D eigenvalue weighted by Crippen LogP contribution is -2.20. The van der Waals surface area contributed by atoms with E-state index in [0.717, 1.165) is 6.07 Å². The van der Waals surface area contributed by atoms with Gasteiger partial charge in [0.25, 0.3) is 0 Å². The third-order valence-electron chi connectivity index (χ3n) is 1.92. The molecule has 0 bridgehead atoms. The molecule has 0 amide bonds.